The average Bonchev–Trinajstić information content (AvgIpc) is 2.69. The summed E-state index contributed by atoms with van der Waals surface area (Å²) in [6.07, 6.45) is 5.93. The first-order valence-electron chi connectivity index (χ1n) is 10.5. The molecule has 3 rings (SSSR count). The molecule has 148 valence electrons. The third-order valence-electron chi connectivity index (χ3n) is 5.86. The third-order valence-corrected chi connectivity index (χ3v) is 5.86. The largest absolute Gasteiger partial charge is 0.459 e. The predicted octanol–water partition coefficient (Wildman–Crippen LogP) is 6.32. The van der Waals surface area contributed by atoms with E-state index in [1.807, 2.05) is 54.6 Å². The molecule has 2 aromatic carbocycles. The van der Waals surface area contributed by atoms with Crippen molar-refractivity contribution >= 4 is 12.0 Å². The Morgan fingerprint density at radius 1 is 1.04 bits per heavy atom. The molecular formula is C26H32O2. The van der Waals surface area contributed by atoms with Crippen molar-refractivity contribution in [3.8, 4) is 0 Å². The van der Waals surface area contributed by atoms with Gasteiger partial charge in [-0.15, -0.1) is 0 Å². The van der Waals surface area contributed by atoms with Crippen LogP contribution in [0, 0.1) is 17.8 Å². The van der Waals surface area contributed by atoms with Gasteiger partial charge in [-0.25, -0.2) is 4.79 Å². The Bertz CT molecular complexity index is 777. The lowest BCUT2D eigenvalue weighted by molar-refractivity contribution is -0.151. The highest BCUT2D eigenvalue weighted by molar-refractivity contribution is 5.94. The van der Waals surface area contributed by atoms with Gasteiger partial charge in [0.1, 0.15) is 6.10 Å². The van der Waals surface area contributed by atoms with Crippen LogP contribution in [0.25, 0.3) is 6.08 Å². The summed E-state index contributed by atoms with van der Waals surface area (Å²) in [4.78, 5) is 13.2. The molecule has 0 saturated heterocycles. The number of hydrogen-bond acceptors (Lipinski definition) is 2. The van der Waals surface area contributed by atoms with E-state index < -0.39 is 0 Å². The van der Waals surface area contributed by atoms with E-state index in [4.69, 9.17) is 4.74 Å². The standard InChI is InChI=1S/C26H32O2/c1-19(2)24-15-14-20(3)16-25(24)28-26(27)23(17-21-10-6-4-7-11-21)18-22-12-8-5-9-13-22/h4-13,17,19-20,24-25H,14-16,18H2,1-3H3. The van der Waals surface area contributed by atoms with Crippen molar-refractivity contribution in [1.29, 1.82) is 0 Å². The number of benzene rings is 2. The van der Waals surface area contributed by atoms with Crippen molar-refractivity contribution < 1.29 is 9.53 Å². The Hall–Kier alpha value is -2.35. The first-order valence-corrected chi connectivity index (χ1v) is 10.5. The van der Waals surface area contributed by atoms with Crippen molar-refractivity contribution in [3.05, 3.63) is 77.4 Å². The number of rotatable bonds is 6. The Balaban J connectivity index is 1.82. The van der Waals surface area contributed by atoms with Gasteiger partial charge < -0.3 is 4.74 Å². The minimum Gasteiger partial charge on any atom is -0.459 e. The zero-order valence-electron chi connectivity index (χ0n) is 17.3. The quantitative estimate of drug-likeness (QED) is 0.436. The molecule has 0 aromatic heterocycles. The van der Waals surface area contributed by atoms with Crippen LogP contribution in [0.15, 0.2) is 66.2 Å². The number of carbonyl (C=O) groups excluding carboxylic acids is 1. The first-order chi connectivity index (χ1) is 13.5. The Morgan fingerprint density at radius 3 is 2.32 bits per heavy atom. The van der Waals surface area contributed by atoms with Crippen LogP contribution >= 0.6 is 0 Å². The van der Waals surface area contributed by atoms with Gasteiger partial charge >= 0.3 is 5.97 Å². The molecule has 0 radical (unpaired) electrons. The van der Waals surface area contributed by atoms with Gasteiger partial charge in [0, 0.05) is 12.0 Å². The lowest BCUT2D eigenvalue weighted by atomic mass is 9.75. The molecule has 3 atom stereocenters. The van der Waals surface area contributed by atoms with Gasteiger partial charge in [-0.05, 0) is 47.8 Å². The molecule has 2 nitrogen and oxygen atoms in total. The Labute approximate surface area is 169 Å². The fourth-order valence-electron chi connectivity index (χ4n) is 4.21. The summed E-state index contributed by atoms with van der Waals surface area (Å²) in [6.45, 7) is 6.75. The molecule has 1 aliphatic rings. The molecule has 0 amide bonds. The number of hydrogen-bond donors (Lipinski definition) is 0. The topological polar surface area (TPSA) is 26.3 Å². The van der Waals surface area contributed by atoms with Crippen LogP contribution in [0.5, 0.6) is 0 Å². The van der Waals surface area contributed by atoms with Gasteiger partial charge in [-0.2, -0.15) is 0 Å². The molecule has 28 heavy (non-hydrogen) atoms. The predicted molar refractivity (Wildman–Crippen MR) is 116 cm³/mol. The molecule has 3 unspecified atom stereocenters. The van der Waals surface area contributed by atoms with Gasteiger partial charge in [-0.1, -0.05) is 87.9 Å². The van der Waals surface area contributed by atoms with Crippen molar-refractivity contribution in [2.24, 2.45) is 17.8 Å². The maximum Gasteiger partial charge on any atom is 0.334 e. The minimum atomic E-state index is -0.169. The second-order valence-electron chi connectivity index (χ2n) is 8.51. The number of esters is 1. The number of ether oxygens (including phenoxy) is 1. The number of carbonyl (C=O) groups is 1. The highest BCUT2D eigenvalue weighted by Gasteiger charge is 2.33. The Kier molecular flexibility index (Phi) is 7.08. The summed E-state index contributed by atoms with van der Waals surface area (Å²) >= 11 is 0. The fourth-order valence-corrected chi connectivity index (χ4v) is 4.21. The van der Waals surface area contributed by atoms with Crippen LogP contribution in [0.4, 0.5) is 0 Å². The van der Waals surface area contributed by atoms with Crippen molar-refractivity contribution in [1.82, 2.24) is 0 Å². The molecular weight excluding hydrogens is 344 g/mol. The lowest BCUT2D eigenvalue weighted by Crippen LogP contribution is -2.36. The van der Waals surface area contributed by atoms with Gasteiger partial charge in [0.05, 0.1) is 0 Å². The summed E-state index contributed by atoms with van der Waals surface area (Å²) in [5.74, 6) is 1.43. The molecule has 0 aliphatic heterocycles. The van der Waals surface area contributed by atoms with Gasteiger partial charge in [0.15, 0.2) is 0 Å². The Morgan fingerprint density at radius 2 is 1.68 bits per heavy atom. The fraction of sp³-hybridized carbons (Fsp3) is 0.423. The van der Waals surface area contributed by atoms with Gasteiger partial charge in [-0.3, -0.25) is 0 Å². The monoisotopic (exact) mass is 376 g/mol. The molecule has 1 saturated carbocycles. The summed E-state index contributed by atoms with van der Waals surface area (Å²) in [6, 6.07) is 20.2. The summed E-state index contributed by atoms with van der Waals surface area (Å²) in [5, 5.41) is 0. The molecule has 2 aromatic rings. The van der Waals surface area contributed by atoms with E-state index in [0.29, 0.717) is 24.2 Å². The highest BCUT2D eigenvalue weighted by atomic mass is 16.5. The molecule has 0 N–H and O–H groups in total. The molecule has 1 aliphatic carbocycles. The second-order valence-corrected chi connectivity index (χ2v) is 8.51. The van der Waals surface area contributed by atoms with E-state index in [9.17, 15) is 4.79 Å². The molecule has 1 fully saturated rings. The van der Waals surface area contributed by atoms with Crippen molar-refractivity contribution in [2.45, 2.75) is 52.6 Å². The van der Waals surface area contributed by atoms with E-state index in [1.54, 1.807) is 0 Å². The smallest absolute Gasteiger partial charge is 0.334 e. The maximum atomic E-state index is 13.2. The molecule has 2 heteroatoms. The van der Waals surface area contributed by atoms with Crippen LogP contribution in [0.1, 0.15) is 51.2 Å². The van der Waals surface area contributed by atoms with Crippen LogP contribution < -0.4 is 0 Å². The molecule has 0 bridgehead atoms. The van der Waals surface area contributed by atoms with Crippen LogP contribution in [-0.2, 0) is 16.0 Å². The van der Waals surface area contributed by atoms with E-state index in [-0.39, 0.29) is 12.1 Å². The summed E-state index contributed by atoms with van der Waals surface area (Å²) in [5.41, 5.74) is 2.87. The highest BCUT2D eigenvalue weighted by Crippen LogP contribution is 2.35. The molecule has 0 heterocycles. The zero-order chi connectivity index (χ0) is 19.9. The van der Waals surface area contributed by atoms with E-state index in [2.05, 4.69) is 32.9 Å². The lowest BCUT2D eigenvalue weighted by Gasteiger charge is -2.36. The van der Waals surface area contributed by atoms with Gasteiger partial charge in [0.2, 0.25) is 0 Å². The summed E-state index contributed by atoms with van der Waals surface area (Å²) < 4.78 is 6.14. The normalized spacial score (nSPS) is 22.9. The third kappa shape index (κ3) is 5.58. The van der Waals surface area contributed by atoms with Gasteiger partial charge in [0.25, 0.3) is 0 Å². The SMILES string of the molecule is CC1CCC(C(C)C)C(OC(=O)C(=Cc2ccccc2)Cc2ccccc2)C1. The van der Waals surface area contributed by atoms with Crippen LogP contribution in [0.2, 0.25) is 0 Å². The van der Waals surface area contributed by atoms with E-state index >= 15 is 0 Å². The van der Waals surface area contributed by atoms with E-state index in [1.165, 1.54) is 6.42 Å². The average molecular weight is 377 g/mol. The zero-order valence-corrected chi connectivity index (χ0v) is 17.3. The van der Waals surface area contributed by atoms with Crippen LogP contribution in [0.3, 0.4) is 0 Å². The maximum absolute atomic E-state index is 13.2. The second kappa shape index (κ2) is 9.73. The summed E-state index contributed by atoms with van der Waals surface area (Å²) in [7, 11) is 0. The minimum absolute atomic E-state index is 0.0196. The van der Waals surface area contributed by atoms with E-state index in [0.717, 1.165) is 29.5 Å². The van der Waals surface area contributed by atoms with Crippen molar-refractivity contribution in [2.75, 3.05) is 0 Å². The molecule has 0 spiro atoms. The van der Waals surface area contributed by atoms with Crippen molar-refractivity contribution in [3.63, 3.8) is 0 Å². The first kappa shape index (κ1) is 20.4. The van der Waals surface area contributed by atoms with Crippen LogP contribution in [-0.4, -0.2) is 12.1 Å².